The van der Waals surface area contributed by atoms with Crippen molar-refractivity contribution >= 4 is 19.7 Å². The molecule has 0 aliphatic heterocycles. The molecule has 0 aliphatic rings. The Kier molecular flexibility index (Phi) is 3.64. The van der Waals surface area contributed by atoms with Gasteiger partial charge in [-0.2, -0.15) is 0 Å². The summed E-state index contributed by atoms with van der Waals surface area (Å²) in [5, 5.41) is 9.45. The Bertz CT molecular complexity index is 513. The van der Waals surface area contributed by atoms with E-state index in [-0.39, 0.29) is 17.1 Å². The lowest BCUT2D eigenvalue weighted by Gasteiger charge is -2.10. The molecule has 4 nitrogen and oxygen atoms in total. The molecular weight excluding hydrogens is 259 g/mol. The number of benzene rings is 1. The van der Waals surface area contributed by atoms with Gasteiger partial charge in [-0.3, -0.25) is 0 Å². The minimum atomic E-state index is -3.86. The van der Waals surface area contributed by atoms with Gasteiger partial charge in [-0.25, -0.2) is 12.8 Å². The quantitative estimate of drug-likeness (QED) is 0.851. The third-order valence-electron chi connectivity index (χ3n) is 1.99. The van der Waals surface area contributed by atoms with Crippen molar-refractivity contribution in [1.82, 2.24) is 0 Å². The zero-order valence-corrected chi connectivity index (χ0v) is 10.2. The number of phenolic OH excluding ortho intramolecular Hbond substituents is 1. The van der Waals surface area contributed by atoms with E-state index < -0.39 is 20.6 Å². The summed E-state index contributed by atoms with van der Waals surface area (Å²) < 4.78 is 40.0. The predicted molar refractivity (Wildman–Crippen MR) is 57.8 cm³/mol. The highest BCUT2D eigenvalue weighted by molar-refractivity contribution is 8.13. The van der Waals surface area contributed by atoms with E-state index in [1.165, 1.54) is 20.1 Å². The van der Waals surface area contributed by atoms with E-state index in [0.717, 1.165) is 0 Å². The molecule has 0 aliphatic carbocycles. The summed E-state index contributed by atoms with van der Waals surface area (Å²) in [5.41, 5.74) is 0.177. The number of rotatable bonds is 3. The smallest absolute Gasteiger partial charge is 0.236 e. The molecule has 0 unspecified atom stereocenters. The molecule has 0 fully saturated rings. The highest BCUT2D eigenvalue weighted by Gasteiger charge is 2.20. The number of phenols is 1. The molecule has 0 saturated heterocycles. The van der Waals surface area contributed by atoms with E-state index in [1.807, 2.05) is 0 Å². The molecular formula is C9H10ClFO4S. The van der Waals surface area contributed by atoms with Crippen molar-refractivity contribution in [2.45, 2.75) is 12.7 Å². The Balaban J connectivity index is 3.37. The Morgan fingerprint density at radius 2 is 2.12 bits per heavy atom. The Labute approximate surface area is 97.0 Å². The summed E-state index contributed by atoms with van der Waals surface area (Å²) in [7, 11) is 2.35. The summed E-state index contributed by atoms with van der Waals surface area (Å²) in [5.74, 6) is -2.31. The second kappa shape index (κ2) is 4.47. The minimum absolute atomic E-state index is 0.137. The summed E-state index contributed by atoms with van der Waals surface area (Å²) in [6.07, 6.45) is 0. The van der Waals surface area contributed by atoms with E-state index in [4.69, 9.17) is 10.7 Å². The molecule has 0 amide bonds. The number of methoxy groups -OCH3 is 1. The third-order valence-corrected chi connectivity index (χ3v) is 2.98. The third kappa shape index (κ3) is 2.76. The molecule has 0 aromatic heterocycles. The molecule has 0 bridgehead atoms. The zero-order chi connectivity index (χ0) is 12.5. The summed E-state index contributed by atoms with van der Waals surface area (Å²) >= 11 is 0. The van der Waals surface area contributed by atoms with Crippen LogP contribution in [0.25, 0.3) is 0 Å². The van der Waals surface area contributed by atoms with E-state index in [0.29, 0.717) is 5.56 Å². The number of ether oxygens (including phenoxy) is 1. The largest absolute Gasteiger partial charge is 0.504 e. The highest BCUT2D eigenvalue weighted by atomic mass is 35.7. The number of aryl methyl sites for hydroxylation is 1. The van der Waals surface area contributed by atoms with Crippen molar-refractivity contribution in [2.75, 3.05) is 7.11 Å². The molecule has 1 rings (SSSR count). The number of hydrogen-bond acceptors (Lipinski definition) is 4. The molecule has 16 heavy (non-hydrogen) atoms. The van der Waals surface area contributed by atoms with E-state index >= 15 is 0 Å². The average Bonchev–Trinajstić information content (AvgIpc) is 2.13. The lowest BCUT2D eigenvalue weighted by atomic mass is 10.1. The van der Waals surface area contributed by atoms with Crippen LogP contribution in [0.15, 0.2) is 6.07 Å². The lowest BCUT2D eigenvalue weighted by Crippen LogP contribution is -2.02. The van der Waals surface area contributed by atoms with Crippen molar-refractivity contribution in [1.29, 1.82) is 0 Å². The standard InChI is InChI=1S/C9H10ClFO4S/c1-5-3-6(4-16(10,13)14)7(11)9(15-2)8(5)12/h3,12H,4H2,1-2H3. The van der Waals surface area contributed by atoms with Crippen LogP contribution in [-0.4, -0.2) is 20.6 Å². The summed E-state index contributed by atoms with van der Waals surface area (Å²) in [4.78, 5) is 0. The van der Waals surface area contributed by atoms with E-state index in [9.17, 15) is 17.9 Å². The fourth-order valence-electron chi connectivity index (χ4n) is 1.30. The van der Waals surface area contributed by atoms with Crippen molar-refractivity contribution < 1.29 is 22.7 Å². The van der Waals surface area contributed by atoms with Crippen LogP contribution < -0.4 is 4.74 Å². The van der Waals surface area contributed by atoms with Gasteiger partial charge in [0.2, 0.25) is 9.05 Å². The van der Waals surface area contributed by atoms with Crippen LogP contribution in [0.5, 0.6) is 11.5 Å². The normalized spacial score (nSPS) is 11.5. The first-order valence-electron chi connectivity index (χ1n) is 4.23. The maximum absolute atomic E-state index is 13.6. The van der Waals surface area contributed by atoms with Gasteiger partial charge in [0, 0.05) is 16.2 Å². The minimum Gasteiger partial charge on any atom is -0.504 e. The van der Waals surface area contributed by atoms with Crippen molar-refractivity contribution in [2.24, 2.45) is 0 Å². The molecule has 1 N–H and O–H groups in total. The fourth-order valence-corrected chi connectivity index (χ4v) is 2.23. The van der Waals surface area contributed by atoms with Gasteiger partial charge in [0.15, 0.2) is 17.3 Å². The second-order valence-corrected chi connectivity index (χ2v) is 6.01. The monoisotopic (exact) mass is 268 g/mol. The van der Waals surface area contributed by atoms with Crippen LogP contribution in [0.4, 0.5) is 4.39 Å². The molecule has 0 heterocycles. The van der Waals surface area contributed by atoms with Crippen LogP contribution in [0.2, 0.25) is 0 Å². The van der Waals surface area contributed by atoms with Crippen LogP contribution in [0.3, 0.4) is 0 Å². The van der Waals surface area contributed by atoms with Crippen LogP contribution in [0.1, 0.15) is 11.1 Å². The number of hydrogen-bond donors (Lipinski definition) is 1. The first-order valence-corrected chi connectivity index (χ1v) is 6.71. The van der Waals surface area contributed by atoms with E-state index in [2.05, 4.69) is 4.74 Å². The van der Waals surface area contributed by atoms with Gasteiger partial charge in [-0.15, -0.1) is 0 Å². The van der Waals surface area contributed by atoms with Gasteiger partial charge in [0.25, 0.3) is 0 Å². The van der Waals surface area contributed by atoms with E-state index in [1.54, 1.807) is 0 Å². The Hall–Kier alpha value is -1.01. The lowest BCUT2D eigenvalue weighted by molar-refractivity contribution is 0.348. The Morgan fingerprint density at radius 1 is 1.56 bits per heavy atom. The maximum Gasteiger partial charge on any atom is 0.236 e. The molecule has 0 spiro atoms. The Morgan fingerprint density at radius 3 is 2.56 bits per heavy atom. The maximum atomic E-state index is 13.6. The SMILES string of the molecule is COc1c(O)c(C)cc(CS(=O)(=O)Cl)c1F. The molecule has 90 valence electrons. The van der Waals surface area contributed by atoms with Crippen molar-refractivity contribution in [3.63, 3.8) is 0 Å². The van der Waals surface area contributed by atoms with Gasteiger partial charge in [-0.05, 0) is 18.6 Å². The van der Waals surface area contributed by atoms with Gasteiger partial charge < -0.3 is 9.84 Å². The zero-order valence-electron chi connectivity index (χ0n) is 8.62. The van der Waals surface area contributed by atoms with Crippen molar-refractivity contribution in [3.8, 4) is 11.5 Å². The van der Waals surface area contributed by atoms with Gasteiger partial charge in [0.1, 0.15) is 0 Å². The van der Waals surface area contributed by atoms with Crippen LogP contribution in [-0.2, 0) is 14.8 Å². The van der Waals surface area contributed by atoms with Gasteiger partial charge in [-0.1, -0.05) is 0 Å². The summed E-state index contributed by atoms with van der Waals surface area (Å²) in [6.45, 7) is 1.50. The van der Waals surface area contributed by atoms with Gasteiger partial charge >= 0.3 is 0 Å². The molecule has 7 heteroatoms. The van der Waals surface area contributed by atoms with Gasteiger partial charge in [0.05, 0.1) is 12.9 Å². The topological polar surface area (TPSA) is 63.6 Å². The summed E-state index contributed by atoms with van der Waals surface area (Å²) in [6, 6.07) is 1.22. The number of halogens is 2. The predicted octanol–water partition coefficient (Wildman–Crippen LogP) is 1.92. The fraction of sp³-hybridized carbons (Fsp3) is 0.333. The first kappa shape index (κ1) is 13.1. The average molecular weight is 269 g/mol. The van der Waals surface area contributed by atoms with Crippen LogP contribution in [0, 0.1) is 12.7 Å². The number of aromatic hydroxyl groups is 1. The molecule has 1 aromatic carbocycles. The first-order chi connectivity index (χ1) is 7.26. The van der Waals surface area contributed by atoms with Crippen LogP contribution >= 0.6 is 10.7 Å². The molecule has 0 saturated carbocycles. The molecule has 0 atom stereocenters. The molecule has 0 radical (unpaired) electrons. The second-order valence-electron chi connectivity index (χ2n) is 3.23. The van der Waals surface area contributed by atoms with Crippen molar-refractivity contribution in [3.05, 3.63) is 23.0 Å². The highest BCUT2D eigenvalue weighted by Crippen LogP contribution is 2.35. The molecule has 1 aromatic rings.